The number of amides is 1. The Morgan fingerprint density at radius 2 is 2.15 bits per heavy atom. The van der Waals surface area contributed by atoms with Crippen LogP contribution in [0.15, 0.2) is 24.3 Å². The monoisotopic (exact) mass is 274 g/mol. The lowest BCUT2D eigenvalue weighted by Crippen LogP contribution is -2.16. The predicted octanol–water partition coefficient (Wildman–Crippen LogP) is 2.02. The topological polar surface area (TPSA) is 93.0 Å². The highest BCUT2D eigenvalue weighted by Crippen LogP contribution is 2.20. The molecule has 0 bridgehead atoms. The fourth-order valence-corrected chi connectivity index (χ4v) is 1.80. The van der Waals surface area contributed by atoms with Gasteiger partial charge in [-0.1, -0.05) is 12.1 Å². The van der Waals surface area contributed by atoms with Gasteiger partial charge in [-0.15, -0.1) is 0 Å². The van der Waals surface area contributed by atoms with E-state index in [0.717, 1.165) is 17.1 Å². The first-order chi connectivity index (χ1) is 9.58. The Kier molecular flexibility index (Phi) is 4.24. The van der Waals surface area contributed by atoms with Gasteiger partial charge in [0.05, 0.1) is 35.8 Å². The van der Waals surface area contributed by atoms with Crippen LogP contribution in [0, 0.1) is 13.8 Å². The van der Waals surface area contributed by atoms with Gasteiger partial charge >= 0.3 is 0 Å². The number of aryl methyl sites for hydroxylation is 2. The first-order valence-corrected chi connectivity index (χ1v) is 6.36. The highest BCUT2D eigenvalue weighted by Gasteiger charge is 2.10. The summed E-state index contributed by atoms with van der Waals surface area (Å²) in [6.45, 7) is 3.97. The number of aromatic nitrogens is 2. The number of carbonyl (C=O) groups excluding carboxylic acids is 1. The maximum absolute atomic E-state index is 11.8. The smallest absolute Gasteiger partial charge is 0.227 e. The predicted molar refractivity (Wildman–Crippen MR) is 77.7 cm³/mol. The van der Waals surface area contributed by atoms with Crippen molar-refractivity contribution in [1.29, 1.82) is 0 Å². The molecule has 6 heteroatoms. The molecule has 0 radical (unpaired) electrons. The molecule has 6 nitrogen and oxygen atoms in total. The van der Waals surface area contributed by atoms with E-state index in [2.05, 4.69) is 15.5 Å². The molecule has 2 aromatic rings. The van der Waals surface area contributed by atoms with Gasteiger partial charge in [0.15, 0.2) is 0 Å². The fourth-order valence-electron chi connectivity index (χ4n) is 1.80. The standard InChI is InChI=1S/C14H18N4O2/c1-9-14(10(2)18-17-9)16-13(19)7-8-20-12-6-4-3-5-11(12)15/h3-6H,7-8,15H2,1-2H3,(H,16,19)(H,17,18). The first-order valence-electron chi connectivity index (χ1n) is 6.36. The maximum Gasteiger partial charge on any atom is 0.227 e. The van der Waals surface area contributed by atoms with Crippen LogP contribution in [0.25, 0.3) is 0 Å². The molecule has 0 saturated heterocycles. The molecular weight excluding hydrogens is 256 g/mol. The van der Waals surface area contributed by atoms with Gasteiger partial charge in [-0.2, -0.15) is 5.10 Å². The molecule has 0 atom stereocenters. The number of benzene rings is 1. The summed E-state index contributed by atoms with van der Waals surface area (Å²) in [5.74, 6) is 0.475. The van der Waals surface area contributed by atoms with Crippen molar-refractivity contribution >= 4 is 17.3 Å². The van der Waals surface area contributed by atoms with Crippen molar-refractivity contribution in [3.63, 3.8) is 0 Å². The Morgan fingerprint density at radius 1 is 1.40 bits per heavy atom. The van der Waals surface area contributed by atoms with Crippen LogP contribution in [0.2, 0.25) is 0 Å². The summed E-state index contributed by atoms with van der Waals surface area (Å²) in [6.07, 6.45) is 0.248. The van der Waals surface area contributed by atoms with Gasteiger partial charge in [0.2, 0.25) is 5.91 Å². The van der Waals surface area contributed by atoms with E-state index in [1.807, 2.05) is 26.0 Å². The average Bonchev–Trinajstić information content (AvgIpc) is 2.73. The molecule has 4 N–H and O–H groups in total. The Morgan fingerprint density at radius 3 is 2.80 bits per heavy atom. The minimum absolute atomic E-state index is 0.118. The van der Waals surface area contributed by atoms with Crippen LogP contribution in [-0.4, -0.2) is 22.7 Å². The number of anilines is 2. The number of rotatable bonds is 5. The SMILES string of the molecule is Cc1n[nH]c(C)c1NC(=O)CCOc1ccccc1N. The third-order valence-corrected chi connectivity index (χ3v) is 2.90. The Hall–Kier alpha value is -2.50. The number of hydrogen-bond acceptors (Lipinski definition) is 4. The van der Waals surface area contributed by atoms with E-state index in [-0.39, 0.29) is 18.9 Å². The van der Waals surface area contributed by atoms with E-state index < -0.39 is 0 Å². The molecule has 0 spiro atoms. The molecule has 1 aromatic heterocycles. The number of para-hydroxylation sites is 2. The second-order valence-corrected chi connectivity index (χ2v) is 4.49. The fraction of sp³-hybridized carbons (Fsp3) is 0.286. The molecule has 0 aliphatic heterocycles. The minimum Gasteiger partial charge on any atom is -0.491 e. The number of nitrogens with zero attached hydrogens (tertiary/aromatic N) is 1. The van der Waals surface area contributed by atoms with E-state index in [4.69, 9.17) is 10.5 Å². The van der Waals surface area contributed by atoms with Crippen LogP contribution in [0.4, 0.5) is 11.4 Å². The third-order valence-electron chi connectivity index (χ3n) is 2.90. The summed E-state index contributed by atoms with van der Waals surface area (Å²) in [5, 5.41) is 9.66. The van der Waals surface area contributed by atoms with Crippen molar-refractivity contribution in [3.8, 4) is 5.75 Å². The largest absolute Gasteiger partial charge is 0.491 e. The Bertz CT molecular complexity index is 587. The molecule has 0 saturated carbocycles. The lowest BCUT2D eigenvalue weighted by molar-refractivity contribution is -0.116. The van der Waals surface area contributed by atoms with Crippen LogP contribution in [0.1, 0.15) is 17.8 Å². The number of ether oxygens (including phenoxy) is 1. The number of nitrogen functional groups attached to an aromatic ring is 1. The quantitative estimate of drug-likeness (QED) is 0.727. The molecule has 1 aromatic carbocycles. The van der Waals surface area contributed by atoms with Crippen molar-refractivity contribution in [2.75, 3.05) is 17.7 Å². The molecule has 1 heterocycles. The Labute approximate surface area is 117 Å². The third kappa shape index (κ3) is 3.28. The maximum atomic E-state index is 11.8. The summed E-state index contributed by atoms with van der Waals surface area (Å²) in [7, 11) is 0. The van der Waals surface area contributed by atoms with Gasteiger partial charge < -0.3 is 15.8 Å². The second kappa shape index (κ2) is 6.10. The highest BCUT2D eigenvalue weighted by molar-refractivity contribution is 5.91. The summed E-state index contributed by atoms with van der Waals surface area (Å²) in [5.41, 5.74) is 8.65. The first kappa shape index (κ1) is 13.9. The van der Waals surface area contributed by atoms with E-state index in [0.29, 0.717) is 11.4 Å². The van der Waals surface area contributed by atoms with Crippen LogP contribution < -0.4 is 15.8 Å². The summed E-state index contributed by atoms with van der Waals surface area (Å²) in [4.78, 5) is 11.8. The number of aromatic amines is 1. The molecule has 0 unspecified atom stereocenters. The van der Waals surface area contributed by atoms with E-state index in [1.54, 1.807) is 12.1 Å². The van der Waals surface area contributed by atoms with E-state index in [1.165, 1.54) is 0 Å². The normalized spacial score (nSPS) is 10.3. The minimum atomic E-state index is -0.118. The van der Waals surface area contributed by atoms with Crippen molar-refractivity contribution in [3.05, 3.63) is 35.7 Å². The molecule has 106 valence electrons. The van der Waals surface area contributed by atoms with Gasteiger partial charge in [-0.05, 0) is 26.0 Å². The number of hydrogen-bond donors (Lipinski definition) is 3. The van der Waals surface area contributed by atoms with Gasteiger partial charge in [0.1, 0.15) is 5.75 Å². The molecule has 2 rings (SSSR count). The lowest BCUT2D eigenvalue weighted by Gasteiger charge is -2.09. The summed E-state index contributed by atoms with van der Waals surface area (Å²) in [6, 6.07) is 7.20. The van der Waals surface area contributed by atoms with E-state index in [9.17, 15) is 4.79 Å². The van der Waals surface area contributed by atoms with Gasteiger partial charge in [0.25, 0.3) is 0 Å². The number of H-pyrrole nitrogens is 1. The average molecular weight is 274 g/mol. The molecular formula is C14H18N4O2. The molecule has 0 aliphatic rings. The van der Waals surface area contributed by atoms with Crippen LogP contribution in [-0.2, 0) is 4.79 Å². The zero-order chi connectivity index (χ0) is 14.5. The van der Waals surface area contributed by atoms with Gasteiger partial charge in [-0.25, -0.2) is 0 Å². The highest BCUT2D eigenvalue weighted by atomic mass is 16.5. The zero-order valence-corrected chi connectivity index (χ0v) is 11.6. The second-order valence-electron chi connectivity index (χ2n) is 4.49. The van der Waals surface area contributed by atoms with Crippen LogP contribution in [0.5, 0.6) is 5.75 Å². The lowest BCUT2D eigenvalue weighted by atomic mass is 10.3. The Balaban J connectivity index is 1.83. The van der Waals surface area contributed by atoms with Crippen LogP contribution >= 0.6 is 0 Å². The van der Waals surface area contributed by atoms with Crippen molar-refractivity contribution in [1.82, 2.24) is 10.2 Å². The molecule has 0 aliphatic carbocycles. The number of carbonyl (C=O) groups is 1. The number of nitrogens with two attached hydrogens (primary N) is 1. The molecule has 0 fully saturated rings. The summed E-state index contributed by atoms with van der Waals surface area (Å²) < 4.78 is 5.48. The zero-order valence-electron chi connectivity index (χ0n) is 11.6. The van der Waals surface area contributed by atoms with E-state index >= 15 is 0 Å². The number of nitrogens with one attached hydrogen (secondary N) is 2. The van der Waals surface area contributed by atoms with Crippen molar-refractivity contribution < 1.29 is 9.53 Å². The van der Waals surface area contributed by atoms with Crippen molar-refractivity contribution in [2.24, 2.45) is 0 Å². The van der Waals surface area contributed by atoms with Gasteiger partial charge in [-0.3, -0.25) is 9.89 Å². The van der Waals surface area contributed by atoms with Crippen LogP contribution in [0.3, 0.4) is 0 Å². The van der Waals surface area contributed by atoms with Gasteiger partial charge in [0, 0.05) is 0 Å². The molecule has 20 heavy (non-hydrogen) atoms. The summed E-state index contributed by atoms with van der Waals surface area (Å²) >= 11 is 0. The molecule has 1 amide bonds. The van der Waals surface area contributed by atoms with Crippen molar-refractivity contribution in [2.45, 2.75) is 20.3 Å².